The van der Waals surface area contributed by atoms with E-state index in [4.69, 9.17) is 17.3 Å². The highest BCUT2D eigenvalue weighted by Crippen LogP contribution is 2.22. The fourth-order valence-corrected chi connectivity index (χ4v) is 3.58. The summed E-state index contributed by atoms with van der Waals surface area (Å²) in [6.45, 7) is 1.96. The Balaban J connectivity index is 2.11. The summed E-state index contributed by atoms with van der Waals surface area (Å²) in [5, 5.41) is 0.204. The first-order valence-electron chi connectivity index (χ1n) is 6.46. The molecule has 0 aliphatic rings. The number of nitrogens with one attached hydrogen (secondary N) is 1. The first-order chi connectivity index (χ1) is 9.90. The van der Waals surface area contributed by atoms with Crippen molar-refractivity contribution in [3.8, 4) is 0 Å². The average molecular weight is 325 g/mol. The molecule has 0 spiro atoms. The Labute approximate surface area is 130 Å². The van der Waals surface area contributed by atoms with E-state index >= 15 is 0 Å². The fraction of sp³-hybridized carbons (Fsp3) is 0.200. The van der Waals surface area contributed by atoms with Crippen LogP contribution < -0.4 is 10.5 Å². The normalized spacial score (nSPS) is 13.1. The van der Waals surface area contributed by atoms with E-state index in [1.54, 1.807) is 12.1 Å². The molecule has 0 aliphatic carbocycles. The zero-order chi connectivity index (χ0) is 15.5. The van der Waals surface area contributed by atoms with Crippen molar-refractivity contribution < 1.29 is 8.42 Å². The molecule has 112 valence electrons. The summed E-state index contributed by atoms with van der Waals surface area (Å²) in [6.07, 6.45) is 0. The van der Waals surface area contributed by atoms with E-state index in [2.05, 4.69) is 4.72 Å². The second-order valence-corrected chi connectivity index (χ2v) is 6.95. The first kappa shape index (κ1) is 16.0. The van der Waals surface area contributed by atoms with Crippen LogP contribution in [0.3, 0.4) is 0 Å². The molecule has 0 heterocycles. The van der Waals surface area contributed by atoms with E-state index < -0.39 is 16.1 Å². The van der Waals surface area contributed by atoms with E-state index in [1.165, 1.54) is 6.07 Å². The summed E-state index contributed by atoms with van der Waals surface area (Å²) < 4.78 is 27.0. The standard InChI is InChI=1S/C15H17ClN2O2S/c1-11-7-8-15(13(16)9-11)21(19,20)18-10-14(17)12-5-3-2-4-6-12/h2-9,14,18H,10,17H2,1H3. The van der Waals surface area contributed by atoms with Gasteiger partial charge in [-0.25, -0.2) is 13.1 Å². The van der Waals surface area contributed by atoms with Crippen molar-refractivity contribution in [2.75, 3.05) is 6.54 Å². The van der Waals surface area contributed by atoms with Gasteiger partial charge in [0.15, 0.2) is 0 Å². The molecule has 0 saturated heterocycles. The Hall–Kier alpha value is -1.40. The van der Waals surface area contributed by atoms with Gasteiger partial charge in [-0.1, -0.05) is 48.0 Å². The molecule has 2 aromatic carbocycles. The Bertz CT molecular complexity index is 718. The summed E-state index contributed by atoms with van der Waals surface area (Å²) in [6, 6.07) is 13.7. The van der Waals surface area contributed by atoms with Crippen LogP contribution in [0.15, 0.2) is 53.4 Å². The molecule has 4 nitrogen and oxygen atoms in total. The van der Waals surface area contributed by atoms with Crippen LogP contribution in [0.1, 0.15) is 17.2 Å². The van der Waals surface area contributed by atoms with Crippen LogP contribution in [0.5, 0.6) is 0 Å². The van der Waals surface area contributed by atoms with Gasteiger partial charge in [0, 0.05) is 12.6 Å². The van der Waals surface area contributed by atoms with E-state index in [0.29, 0.717) is 0 Å². The molecule has 3 N–H and O–H groups in total. The minimum absolute atomic E-state index is 0.0648. The summed E-state index contributed by atoms with van der Waals surface area (Å²) in [4.78, 5) is 0.0648. The Kier molecular flexibility index (Phi) is 5.00. The minimum atomic E-state index is -3.67. The van der Waals surface area contributed by atoms with Crippen molar-refractivity contribution in [1.29, 1.82) is 0 Å². The maximum Gasteiger partial charge on any atom is 0.242 e. The molecule has 1 atom stereocenters. The Morgan fingerprint density at radius 3 is 2.48 bits per heavy atom. The molecule has 0 bridgehead atoms. The molecule has 2 aromatic rings. The summed E-state index contributed by atoms with van der Waals surface area (Å²) in [5.74, 6) is 0. The summed E-state index contributed by atoms with van der Waals surface area (Å²) in [5.41, 5.74) is 7.76. The maximum atomic E-state index is 12.2. The first-order valence-corrected chi connectivity index (χ1v) is 8.32. The average Bonchev–Trinajstić information content (AvgIpc) is 2.45. The van der Waals surface area contributed by atoms with Crippen molar-refractivity contribution in [2.24, 2.45) is 5.73 Å². The van der Waals surface area contributed by atoms with Gasteiger partial charge in [-0.3, -0.25) is 0 Å². The van der Waals surface area contributed by atoms with Crippen molar-refractivity contribution in [3.63, 3.8) is 0 Å². The predicted octanol–water partition coefficient (Wildman–Crippen LogP) is 2.63. The number of hydrogen-bond acceptors (Lipinski definition) is 3. The van der Waals surface area contributed by atoms with Crippen molar-refractivity contribution in [3.05, 3.63) is 64.7 Å². The van der Waals surface area contributed by atoms with E-state index in [-0.39, 0.29) is 16.5 Å². The molecule has 0 aliphatic heterocycles. The second kappa shape index (κ2) is 6.58. The van der Waals surface area contributed by atoms with E-state index in [0.717, 1.165) is 11.1 Å². The summed E-state index contributed by atoms with van der Waals surface area (Å²) in [7, 11) is -3.67. The molecule has 0 aromatic heterocycles. The topological polar surface area (TPSA) is 72.2 Å². The molecule has 0 fully saturated rings. The van der Waals surface area contributed by atoms with Gasteiger partial charge in [0.25, 0.3) is 0 Å². The molecular weight excluding hydrogens is 308 g/mol. The number of hydrogen-bond donors (Lipinski definition) is 2. The molecule has 0 saturated carbocycles. The van der Waals surface area contributed by atoms with Crippen LogP contribution in [0.4, 0.5) is 0 Å². The maximum absolute atomic E-state index is 12.2. The lowest BCUT2D eigenvalue weighted by molar-refractivity contribution is 0.572. The number of nitrogens with two attached hydrogens (primary N) is 1. The highest BCUT2D eigenvalue weighted by Gasteiger charge is 2.19. The highest BCUT2D eigenvalue weighted by atomic mass is 35.5. The van der Waals surface area contributed by atoms with Gasteiger partial charge in [-0.05, 0) is 30.2 Å². The van der Waals surface area contributed by atoms with Crippen LogP contribution in [-0.4, -0.2) is 15.0 Å². The number of rotatable bonds is 5. The van der Waals surface area contributed by atoms with Crippen LogP contribution in [0, 0.1) is 6.92 Å². The predicted molar refractivity (Wildman–Crippen MR) is 84.7 cm³/mol. The molecule has 1 unspecified atom stereocenters. The Morgan fingerprint density at radius 1 is 1.19 bits per heavy atom. The molecular formula is C15H17ClN2O2S. The number of benzene rings is 2. The molecule has 0 amide bonds. The lowest BCUT2D eigenvalue weighted by atomic mass is 10.1. The SMILES string of the molecule is Cc1ccc(S(=O)(=O)NCC(N)c2ccccc2)c(Cl)c1. The van der Waals surface area contributed by atoms with E-state index in [9.17, 15) is 8.42 Å². The fourth-order valence-electron chi connectivity index (χ4n) is 1.92. The van der Waals surface area contributed by atoms with Crippen LogP contribution >= 0.6 is 11.6 Å². The smallest absolute Gasteiger partial charge is 0.242 e. The number of sulfonamides is 1. The molecule has 2 rings (SSSR count). The third kappa shape index (κ3) is 4.04. The largest absolute Gasteiger partial charge is 0.323 e. The monoisotopic (exact) mass is 324 g/mol. The lowest BCUT2D eigenvalue weighted by Crippen LogP contribution is -2.32. The molecule has 21 heavy (non-hydrogen) atoms. The molecule has 0 radical (unpaired) electrons. The summed E-state index contributed by atoms with van der Waals surface area (Å²) >= 11 is 6.00. The van der Waals surface area contributed by atoms with Crippen molar-refractivity contribution >= 4 is 21.6 Å². The van der Waals surface area contributed by atoms with Gasteiger partial charge in [0.1, 0.15) is 4.90 Å². The van der Waals surface area contributed by atoms with Crippen LogP contribution in [0.25, 0.3) is 0 Å². The van der Waals surface area contributed by atoms with Gasteiger partial charge in [0.2, 0.25) is 10.0 Å². The number of aryl methyl sites for hydroxylation is 1. The van der Waals surface area contributed by atoms with Crippen LogP contribution in [-0.2, 0) is 10.0 Å². The molecule has 6 heteroatoms. The van der Waals surface area contributed by atoms with Gasteiger partial charge in [-0.2, -0.15) is 0 Å². The third-order valence-corrected chi connectivity index (χ3v) is 5.00. The van der Waals surface area contributed by atoms with Crippen molar-refractivity contribution in [2.45, 2.75) is 17.9 Å². The minimum Gasteiger partial charge on any atom is -0.323 e. The van der Waals surface area contributed by atoms with Gasteiger partial charge in [-0.15, -0.1) is 0 Å². The van der Waals surface area contributed by atoms with E-state index in [1.807, 2.05) is 37.3 Å². The highest BCUT2D eigenvalue weighted by molar-refractivity contribution is 7.89. The lowest BCUT2D eigenvalue weighted by Gasteiger charge is -2.14. The van der Waals surface area contributed by atoms with Gasteiger partial charge >= 0.3 is 0 Å². The third-order valence-electron chi connectivity index (χ3n) is 3.10. The second-order valence-electron chi connectivity index (χ2n) is 4.80. The van der Waals surface area contributed by atoms with Crippen LogP contribution in [0.2, 0.25) is 5.02 Å². The van der Waals surface area contributed by atoms with Gasteiger partial charge < -0.3 is 5.73 Å². The number of halogens is 1. The zero-order valence-electron chi connectivity index (χ0n) is 11.6. The quantitative estimate of drug-likeness (QED) is 0.888. The Morgan fingerprint density at radius 2 is 1.86 bits per heavy atom. The van der Waals surface area contributed by atoms with Crippen molar-refractivity contribution in [1.82, 2.24) is 4.72 Å². The zero-order valence-corrected chi connectivity index (χ0v) is 13.2. The van der Waals surface area contributed by atoms with Gasteiger partial charge in [0.05, 0.1) is 5.02 Å².